The van der Waals surface area contributed by atoms with E-state index in [4.69, 9.17) is 5.73 Å². The zero-order valence-electron chi connectivity index (χ0n) is 7.05. The Kier molecular flexibility index (Phi) is 2.64. The normalized spacial score (nSPS) is 12.8. The maximum atomic E-state index is 12.9. The fourth-order valence-electron chi connectivity index (χ4n) is 0.851. The molecule has 0 bridgehead atoms. The van der Waals surface area contributed by atoms with Crippen molar-refractivity contribution in [2.45, 2.75) is 10.4 Å². The van der Waals surface area contributed by atoms with Gasteiger partial charge in [-0.1, -0.05) is 0 Å². The summed E-state index contributed by atoms with van der Waals surface area (Å²) in [7, 11) is -5.68. The molecule has 1 aromatic rings. The lowest BCUT2D eigenvalue weighted by atomic mass is 10.3. The number of nitrogen functional groups attached to an aromatic ring is 1. The quantitative estimate of drug-likeness (QED) is 0.603. The Balaban J connectivity index is 3.47. The molecule has 1 rings (SSSR count). The third-order valence-electron chi connectivity index (χ3n) is 1.55. The molecule has 0 unspecified atom stereocenters. The van der Waals surface area contributed by atoms with Gasteiger partial charge in [0.1, 0.15) is 10.7 Å². The van der Waals surface area contributed by atoms with Crippen molar-refractivity contribution in [3.05, 3.63) is 24.0 Å². The van der Waals surface area contributed by atoms with E-state index in [1.807, 2.05) is 0 Å². The number of hydrogen-bond donors (Lipinski definition) is 1. The molecule has 0 heterocycles. The number of halogens is 4. The van der Waals surface area contributed by atoms with Crippen LogP contribution in [-0.2, 0) is 9.84 Å². The highest BCUT2D eigenvalue weighted by Crippen LogP contribution is 2.32. The molecule has 0 saturated heterocycles. The van der Waals surface area contributed by atoms with Gasteiger partial charge in [-0.25, -0.2) is 12.8 Å². The third kappa shape index (κ3) is 2.04. The molecule has 15 heavy (non-hydrogen) atoms. The summed E-state index contributed by atoms with van der Waals surface area (Å²) in [5.74, 6) is -1.48. The monoisotopic (exact) mass is 243 g/mol. The van der Waals surface area contributed by atoms with E-state index in [2.05, 4.69) is 0 Å². The molecule has 0 aliphatic carbocycles. The molecule has 0 spiro atoms. The molecule has 0 amide bonds. The fourth-order valence-corrected chi connectivity index (χ4v) is 1.72. The van der Waals surface area contributed by atoms with Crippen LogP contribution in [0.3, 0.4) is 0 Å². The maximum absolute atomic E-state index is 12.9. The van der Waals surface area contributed by atoms with Crippen molar-refractivity contribution >= 4 is 15.5 Å². The molecule has 0 atom stereocenters. The lowest BCUT2D eigenvalue weighted by Crippen LogP contribution is -2.24. The van der Waals surface area contributed by atoms with Crippen LogP contribution in [0, 0.1) is 5.82 Å². The molecule has 1 aromatic carbocycles. The second-order valence-corrected chi connectivity index (χ2v) is 4.55. The first kappa shape index (κ1) is 11.8. The molecule has 0 radical (unpaired) electrons. The molecule has 0 saturated carbocycles. The van der Waals surface area contributed by atoms with Crippen LogP contribution in [0.15, 0.2) is 23.1 Å². The maximum Gasteiger partial charge on any atom is 0.502 e. The van der Waals surface area contributed by atoms with Gasteiger partial charge in [0.25, 0.3) is 9.84 Å². The first-order chi connectivity index (χ1) is 6.66. The van der Waals surface area contributed by atoms with Crippen LogP contribution in [0.5, 0.6) is 0 Å². The highest BCUT2D eigenvalue weighted by Gasteiger charge is 2.48. The van der Waals surface area contributed by atoms with Crippen molar-refractivity contribution in [1.29, 1.82) is 0 Å². The van der Waals surface area contributed by atoms with Crippen LogP contribution in [0.25, 0.3) is 0 Å². The van der Waals surface area contributed by atoms with Gasteiger partial charge >= 0.3 is 5.51 Å². The lowest BCUT2D eigenvalue weighted by molar-refractivity contribution is -0.0437. The van der Waals surface area contributed by atoms with E-state index in [9.17, 15) is 26.0 Å². The summed E-state index contributed by atoms with van der Waals surface area (Å²) in [6.45, 7) is 0. The number of anilines is 1. The van der Waals surface area contributed by atoms with E-state index in [1.165, 1.54) is 0 Å². The predicted molar refractivity (Wildman–Crippen MR) is 44.1 cm³/mol. The number of nitrogens with two attached hydrogens (primary N) is 1. The summed E-state index contributed by atoms with van der Waals surface area (Å²) in [5.41, 5.74) is -0.736. The van der Waals surface area contributed by atoms with Gasteiger partial charge in [0.2, 0.25) is 0 Å². The first-order valence-electron chi connectivity index (χ1n) is 3.52. The summed E-state index contributed by atoms with van der Waals surface area (Å²) in [6.07, 6.45) is 0. The zero-order valence-corrected chi connectivity index (χ0v) is 7.86. The van der Waals surface area contributed by atoms with Crippen LogP contribution < -0.4 is 5.73 Å². The average Bonchev–Trinajstić information content (AvgIpc) is 2.07. The van der Waals surface area contributed by atoms with Crippen molar-refractivity contribution in [3.8, 4) is 0 Å². The topological polar surface area (TPSA) is 60.2 Å². The minimum absolute atomic E-state index is 0.265. The standard InChI is InChI=1S/C7H5F4NO2S/c8-5-2-1-4(12)3-6(5)15(13,14)7(9,10)11/h1-3H,12H2. The molecule has 0 aliphatic rings. The summed E-state index contributed by atoms with van der Waals surface area (Å²) in [4.78, 5) is -1.46. The molecular formula is C7H5F4NO2S. The van der Waals surface area contributed by atoms with E-state index in [0.29, 0.717) is 12.1 Å². The highest BCUT2D eigenvalue weighted by molar-refractivity contribution is 7.92. The van der Waals surface area contributed by atoms with Crippen LogP contribution in [0.1, 0.15) is 0 Å². The van der Waals surface area contributed by atoms with Crippen LogP contribution >= 0.6 is 0 Å². The number of alkyl halides is 3. The summed E-state index contributed by atoms with van der Waals surface area (Å²) in [6, 6.07) is 1.96. The van der Waals surface area contributed by atoms with Gasteiger partial charge < -0.3 is 5.73 Å². The van der Waals surface area contributed by atoms with Gasteiger partial charge in [-0.3, -0.25) is 0 Å². The Labute approximate surface area is 82.4 Å². The van der Waals surface area contributed by atoms with Crippen LogP contribution in [0.2, 0.25) is 0 Å². The second-order valence-electron chi connectivity index (χ2n) is 2.64. The summed E-state index contributed by atoms with van der Waals surface area (Å²) in [5, 5.41) is 0. The molecule has 84 valence electrons. The Morgan fingerprint density at radius 1 is 1.20 bits per heavy atom. The van der Waals surface area contributed by atoms with Crippen molar-refractivity contribution in [1.82, 2.24) is 0 Å². The summed E-state index contributed by atoms with van der Waals surface area (Å²) < 4.78 is 70.6. The van der Waals surface area contributed by atoms with Gasteiger partial charge in [-0.2, -0.15) is 13.2 Å². The van der Waals surface area contributed by atoms with Crippen LogP contribution in [-0.4, -0.2) is 13.9 Å². The van der Waals surface area contributed by atoms with Gasteiger partial charge in [-0.05, 0) is 18.2 Å². The molecule has 0 aliphatic heterocycles. The first-order valence-corrected chi connectivity index (χ1v) is 5.01. The van der Waals surface area contributed by atoms with Crippen molar-refractivity contribution in [2.24, 2.45) is 0 Å². The number of benzene rings is 1. The van der Waals surface area contributed by atoms with Crippen molar-refractivity contribution in [3.63, 3.8) is 0 Å². The van der Waals surface area contributed by atoms with Crippen molar-refractivity contribution in [2.75, 3.05) is 5.73 Å². The lowest BCUT2D eigenvalue weighted by Gasteiger charge is -2.09. The Morgan fingerprint density at radius 2 is 1.73 bits per heavy atom. The molecule has 0 aromatic heterocycles. The fraction of sp³-hybridized carbons (Fsp3) is 0.143. The minimum atomic E-state index is -5.68. The second kappa shape index (κ2) is 3.37. The Hall–Kier alpha value is -1.31. The number of sulfone groups is 1. The Bertz CT molecular complexity index is 480. The van der Waals surface area contributed by atoms with Gasteiger partial charge in [-0.15, -0.1) is 0 Å². The average molecular weight is 243 g/mol. The van der Waals surface area contributed by atoms with Gasteiger partial charge in [0.05, 0.1) is 0 Å². The predicted octanol–water partition coefficient (Wildman–Crippen LogP) is 1.70. The molecule has 3 nitrogen and oxygen atoms in total. The zero-order chi connectivity index (χ0) is 11.9. The van der Waals surface area contributed by atoms with E-state index in [1.54, 1.807) is 0 Å². The SMILES string of the molecule is Nc1ccc(F)c(S(=O)(=O)C(F)(F)F)c1. The van der Waals surface area contributed by atoms with Gasteiger partial charge in [0, 0.05) is 5.69 Å². The highest BCUT2D eigenvalue weighted by atomic mass is 32.2. The summed E-state index contributed by atoms with van der Waals surface area (Å²) >= 11 is 0. The van der Waals surface area contributed by atoms with E-state index >= 15 is 0 Å². The minimum Gasteiger partial charge on any atom is -0.399 e. The Morgan fingerprint density at radius 3 is 2.20 bits per heavy atom. The van der Waals surface area contributed by atoms with Crippen molar-refractivity contribution < 1.29 is 26.0 Å². The third-order valence-corrected chi connectivity index (χ3v) is 3.05. The van der Waals surface area contributed by atoms with Gasteiger partial charge in [0.15, 0.2) is 0 Å². The van der Waals surface area contributed by atoms with Crippen LogP contribution in [0.4, 0.5) is 23.2 Å². The molecule has 2 N–H and O–H groups in total. The van der Waals surface area contributed by atoms with E-state index in [-0.39, 0.29) is 5.69 Å². The van der Waals surface area contributed by atoms with E-state index in [0.717, 1.165) is 6.07 Å². The smallest absolute Gasteiger partial charge is 0.399 e. The largest absolute Gasteiger partial charge is 0.502 e. The number of hydrogen-bond acceptors (Lipinski definition) is 3. The number of rotatable bonds is 1. The molecule has 8 heteroatoms. The molecule has 0 fully saturated rings. The molecular weight excluding hydrogens is 238 g/mol. The van der Waals surface area contributed by atoms with E-state index < -0.39 is 26.1 Å².